The molecular formula is C13H18O4S2. The summed E-state index contributed by atoms with van der Waals surface area (Å²) in [6, 6.07) is 6.48. The van der Waals surface area contributed by atoms with Gasteiger partial charge >= 0.3 is 5.97 Å². The molecule has 1 rings (SSSR count). The summed E-state index contributed by atoms with van der Waals surface area (Å²) >= 11 is 1.60. The van der Waals surface area contributed by atoms with Crippen LogP contribution in [0.15, 0.2) is 29.2 Å². The summed E-state index contributed by atoms with van der Waals surface area (Å²) in [7, 11) is -3.22. The van der Waals surface area contributed by atoms with Crippen molar-refractivity contribution in [2.45, 2.75) is 24.7 Å². The Hall–Kier alpha value is -1.01. The van der Waals surface area contributed by atoms with Crippen LogP contribution in [0.1, 0.15) is 18.9 Å². The van der Waals surface area contributed by atoms with E-state index in [4.69, 9.17) is 5.11 Å². The number of thioether (sulfide) groups is 1. The molecule has 1 N–H and O–H groups in total. The van der Waals surface area contributed by atoms with Gasteiger partial charge < -0.3 is 5.11 Å². The van der Waals surface area contributed by atoms with Gasteiger partial charge in [0, 0.05) is 12.2 Å². The lowest BCUT2D eigenvalue weighted by Gasteiger charge is -2.05. The minimum atomic E-state index is -3.22. The fourth-order valence-corrected chi connectivity index (χ4v) is 3.97. The van der Waals surface area contributed by atoms with Gasteiger partial charge in [-0.3, -0.25) is 4.79 Å². The van der Waals surface area contributed by atoms with Crippen LogP contribution in [0, 0.1) is 0 Å². The number of carboxylic acids is 1. The smallest absolute Gasteiger partial charge is 0.303 e. The molecule has 0 radical (unpaired) electrons. The summed E-state index contributed by atoms with van der Waals surface area (Å²) in [6.45, 7) is 1.99. The molecule has 106 valence electrons. The third-order valence-electron chi connectivity index (χ3n) is 2.61. The summed E-state index contributed by atoms with van der Waals surface area (Å²) in [5.41, 5.74) is 0.837. The van der Waals surface area contributed by atoms with Gasteiger partial charge in [-0.2, -0.15) is 11.8 Å². The molecule has 0 unspecified atom stereocenters. The van der Waals surface area contributed by atoms with Crippen molar-refractivity contribution in [3.63, 3.8) is 0 Å². The van der Waals surface area contributed by atoms with Gasteiger partial charge in [-0.15, -0.1) is 0 Å². The SMILES string of the molecule is CCSCCS(=O)(=O)c1ccc(CCC(=O)O)cc1. The van der Waals surface area contributed by atoms with E-state index in [2.05, 4.69) is 0 Å². The van der Waals surface area contributed by atoms with Crippen molar-refractivity contribution in [1.82, 2.24) is 0 Å². The molecule has 0 bridgehead atoms. The molecule has 1 aromatic rings. The Labute approximate surface area is 118 Å². The lowest BCUT2D eigenvalue weighted by molar-refractivity contribution is -0.136. The van der Waals surface area contributed by atoms with Crippen LogP contribution in [-0.2, 0) is 21.1 Å². The van der Waals surface area contributed by atoms with Gasteiger partial charge in [0.25, 0.3) is 0 Å². The summed E-state index contributed by atoms with van der Waals surface area (Å²) in [5, 5.41) is 8.58. The Morgan fingerprint density at radius 3 is 2.42 bits per heavy atom. The highest BCUT2D eigenvalue weighted by Gasteiger charge is 2.13. The highest BCUT2D eigenvalue weighted by atomic mass is 32.2. The predicted octanol–water partition coefficient (Wildman–Crippen LogP) is 2.23. The van der Waals surface area contributed by atoms with Crippen LogP contribution >= 0.6 is 11.8 Å². The van der Waals surface area contributed by atoms with E-state index in [1.54, 1.807) is 36.0 Å². The van der Waals surface area contributed by atoms with Crippen LogP contribution in [0.2, 0.25) is 0 Å². The fraction of sp³-hybridized carbons (Fsp3) is 0.462. The summed E-state index contributed by atoms with van der Waals surface area (Å²) in [5.74, 6) is 0.789. The quantitative estimate of drug-likeness (QED) is 0.746. The standard InChI is InChI=1S/C13H18O4S2/c1-2-18-9-10-19(16,17)12-6-3-11(4-7-12)5-8-13(14)15/h3-4,6-7H,2,5,8-10H2,1H3,(H,14,15). The Morgan fingerprint density at radius 1 is 1.26 bits per heavy atom. The van der Waals surface area contributed by atoms with E-state index < -0.39 is 15.8 Å². The second kappa shape index (κ2) is 7.55. The lowest BCUT2D eigenvalue weighted by Crippen LogP contribution is -2.09. The van der Waals surface area contributed by atoms with Crippen molar-refractivity contribution in [3.05, 3.63) is 29.8 Å². The molecule has 0 fully saturated rings. The zero-order valence-corrected chi connectivity index (χ0v) is 12.5. The second-order valence-electron chi connectivity index (χ2n) is 4.05. The van der Waals surface area contributed by atoms with Crippen molar-refractivity contribution >= 4 is 27.6 Å². The molecular weight excluding hydrogens is 284 g/mol. The van der Waals surface area contributed by atoms with Gasteiger partial charge in [0.2, 0.25) is 0 Å². The van der Waals surface area contributed by atoms with E-state index in [9.17, 15) is 13.2 Å². The molecule has 0 aliphatic rings. The molecule has 0 aliphatic heterocycles. The van der Waals surface area contributed by atoms with Crippen molar-refractivity contribution in [2.75, 3.05) is 17.3 Å². The van der Waals surface area contributed by atoms with Crippen LogP contribution < -0.4 is 0 Å². The van der Waals surface area contributed by atoms with E-state index in [0.717, 1.165) is 11.3 Å². The molecule has 0 amide bonds. The summed E-state index contributed by atoms with van der Waals surface area (Å²) < 4.78 is 24.0. The average Bonchev–Trinajstić information content (AvgIpc) is 2.37. The maximum absolute atomic E-state index is 12.0. The van der Waals surface area contributed by atoms with Crippen molar-refractivity contribution < 1.29 is 18.3 Å². The van der Waals surface area contributed by atoms with Crippen LogP contribution in [0.3, 0.4) is 0 Å². The van der Waals surface area contributed by atoms with Crippen LogP contribution in [0.5, 0.6) is 0 Å². The number of aliphatic carboxylic acids is 1. The van der Waals surface area contributed by atoms with Gasteiger partial charge in [0.15, 0.2) is 9.84 Å². The van der Waals surface area contributed by atoms with E-state index in [1.807, 2.05) is 6.92 Å². The molecule has 0 aromatic heterocycles. The molecule has 0 atom stereocenters. The Balaban J connectivity index is 2.66. The van der Waals surface area contributed by atoms with Crippen LogP contribution in [-0.4, -0.2) is 36.8 Å². The first kappa shape index (κ1) is 16.0. The Bertz CT molecular complexity index is 506. The Morgan fingerprint density at radius 2 is 1.89 bits per heavy atom. The first-order valence-electron chi connectivity index (χ1n) is 6.07. The minimum absolute atomic E-state index is 0.0548. The number of benzene rings is 1. The van der Waals surface area contributed by atoms with E-state index in [1.165, 1.54) is 0 Å². The maximum Gasteiger partial charge on any atom is 0.303 e. The molecule has 0 heterocycles. The molecule has 0 saturated carbocycles. The number of aryl methyl sites for hydroxylation is 1. The highest BCUT2D eigenvalue weighted by Crippen LogP contribution is 2.15. The first-order chi connectivity index (χ1) is 8.95. The number of carbonyl (C=O) groups is 1. The zero-order chi connectivity index (χ0) is 14.3. The Kier molecular flexibility index (Phi) is 6.37. The maximum atomic E-state index is 12.0. The van der Waals surface area contributed by atoms with E-state index in [-0.39, 0.29) is 12.2 Å². The van der Waals surface area contributed by atoms with Gasteiger partial charge in [-0.25, -0.2) is 8.42 Å². The fourth-order valence-electron chi connectivity index (χ4n) is 1.55. The summed E-state index contributed by atoms with van der Waals surface area (Å²) in [6.07, 6.45) is 0.473. The number of carboxylic acid groups (broad SMARTS) is 1. The van der Waals surface area contributed by atoms with Crippen molar-refractivity contribution in [2.24, 2.45) is 0 Å². The van der Waals surface area contributed by atoms with Crippen molar-refractivity contribution in [3.8, 4) is 0 Å². The van der Waals surface area contributed by atoms with E-state index in [0.29, 0.717) is 17.1 Å². The van der Waals surface area contributed by atoms with Gasteiger partial charge in [0.1, 0.15) is 0 Å². The van der Waals surface area contributed by atoms with Gasteiger partial charge in [0.05, 0.1) is 10.6 Å². The highest BCUT2D eigenvalue weighted by molar-refractivity contribution is 8.00. The van der Waals surface area contributed by atoms with E-state index >= 15 is 0 Å². The normalized spacial score (nSPS) is 11.4. The molecule has 6 heteroatoms. The number of hydrogen-bond acceptors (Lipinski definition) is 4. The molecule has 0 saturated heterocycles. The van der Waals surface area contributed by atoms with Gasteiger partial charge in [-0.05, 0) is 29.9 Å². The number of hydrogen-bond donors (Lipinski definition) is 1. The molecule has 0 aliphatic carbocycles. The molecule has 4 nitrogen and oxygen atoms in total. The zero-order valence-electron chi connectivity index (χ0n) is 10.8. The first-order valence-corrected chi connectivity index (χ1v) is 8.87. The molecule has 19 heavy (non-hydrogen) atoms. The van der Waals surface area contributed by atoms with Crippen molar-refractivity contribution in [1.29, 1.82) is 0 Å². The van der Waals surface area contributed by atoms with Gasteiger partial charge in [-0.1, -0.05) is 19.1 Å². The third kappa shape index (κ3) is 5.65. The predicted molar refractivity (Wildman–Crippen MR) is 77.5 cm³/mol. The third-order valence-corrected chi connectivity index (χ3v) is 5.50. The van der Waals surface area contributed by atoms with Crippen LogP contribution in [0.4, 0.5) is 0 Å². The van der Waals surface area contributed by atoms with Crippen LogP contribution in [0.25, 0.3) is 0 Å². The monoisotopic (exact) mass is 302 g/mol. The average molecular weight is 302 g/mol. The number of rotatable bonds is 8. The number of sulfone groups is 1. The lowest BCUT2D eigenvalue weighted by atomic mass is 10.1. The minimum Gasteiger partial charge on any atom is -0.481 e. The molecule has 1 aromatic carbocycles. The molecule has 0 spiro atoms. The largest absolute Gasteiger partial charge is 0.481 e. The topological polar surface area (TPSA) is 71.4 Å². The summed E-state index contributed by atoms with van der Waals surface area (Å²) in [4.78, 5) is 10.8. The second-order valence-corrected chi connectivity index (χ2v) is 7.56.